The first-order chi connectivity index (χ1) is 15.8. The number of benzene rings is 2. The lowest BCUT2D eigenvalue weighted by Crippen LogP contribution is -2.45. The second kappa shape index (κ2) is 12.4. The molecule has 1 saturated carbocycles. The second-order valence-electron chi connectivity index (χ2n) is 7.93. The van der Waals surface area contributed by atoms with Crippen molar-refractivity contribution in [1.82, 2.24) is 10.6 Å². The number of carbonyl (C=O) groups is 1. The van der Waals surface area contributed by atoms with E-state index in [1.165, 1.54) is 24.3 Å². The highest BCUT2D eigenvalue weighted by Crippen LogP contribution is 2.22. The smallest absolute Gasteiger partial charge is 0.258 e. The number of aliphatic hydroxyl groups is 1. The van der Waals surface area contributed by atoms with Crippen molar-refractivity contribution in [3.8, 4) is 11.5 Å². The zero-order chi connectivity index (χ0) is 23.8. The topological polar surface area (TPSA) is 79.8 Å². The summed E-state index contributed by atoms with van der Waals surface area (Å²) in [7, 11) is 0. The zero-order valence-corrected chi connectivity index (χ0v) is 19.3. The third-order valence-electron chi connectivity index (χ3n) is 5.33. The predicted octanol–water partition coefficient (Wildman–Crippen LogP) is 4.11. The molecule has 1 fully saturated rings. The molecule has 1 atom stereocenters. The summed E-state index contributed by atoms with van der Waals surface area (Å²) in [6.45, 7) is 0.156. The van der Waals surface area contributed by atoms with Crippen LogP contribution in [0, 0.1) is 11.6 Å². The van der Waals surface area contributed by atoms with Crippen molar-refractivity contribution in [2.75, 3.05) is 19.8 Å². The standard InChI is InChI=1S/C23H26Cl2F2N2O4/c24-19-7-5-17(9-21(19)26)32-12-16(30)11-28-14-1-3-15(4-2-14)29-23(31)13-33-18-6-8-20(25)22(27)10-18/h5-10,14-16,28,30H,1-4,11-13H2,(H,29,31)/t14-,15+,16-/m0/s1. The minimum atomic E-state index is -0.754. The summed E-state index contributed by atoms with van der Waals surface area (Å²) in [5.41, 5.74) is 0. The molecule has 0 bridgehead atoms. The number of halogens is 4. The van der Waals surface area contributed by atoms with E-state index in [2.05, 4.69) is 10.6 Å². The average molecular weight is 503 g/mol. The molecule has 0 radical (unpaired) electrons. The fourth-order valence-corrected chi connectivity index (χ4v) is 3.78. The van der Waals surface area contributed by atoms with Crippen molar-refractivity contribution < 1.29 is 28.2 Å². The number of carbonyl (C=O) groups excluding carboxylic acids is 1. The SMILES string of the molecule is O=C(COc1ccc(Cl)c(F)c1)N[C@H]1CC[C@@H](NC[C@H](O)COc2ccc(Cl)c(F)c2)CC1. The van der Waals surface area contributed by atoms with Gasteiger partial charge in [-0.2, -0.15) is 0 Å². The summed E-state index contributed by atoms with van der Waals surface area (Å²) in [6, 6.07) is 8.39. The first-order valence-corrected chi connectivity index (χ1v) is 11.4. The Morgan fingerprint density at radius 3 is 2.09 bits per heavy atom. The lowest BCUT2D eigenvalue weighted by Gasteiger charge is -2.30. The number of hydrogen-bond donors (Lipinski definition) is 3. The monoisotopic (exact) mass is 502 g/mol. The zero-order valence-electron chi connectivity index (χ0n) is 17.8. The molecule has 3 rings (SSSR count). The molecule has 0 unspecified atom stereocenters. The van der Waals surface area contributed by atoms with Gasteiger partial charge in [0.2, 0.25) is 0 Å². The maximum Gasteiger partial charge on any atom is 0.258 e. The largest absolute Gasteiger partial charge is 0.491 e. The molecular weight excluding hydrogens is 477 g/mol. The Labute approximate surface area is 201 Å². The van der Waals surface area contributed by atoms with Crippen LogP contribution < -0.4 is 20.1 Å². The molecular formula is C23H26Cl2F2N2O4. The van der Waals surface area contributed by atoms with Gasteiger partial charge in [-0.25, -0.2) is 8.78 Å². The summed E-state index contributed by atoms with van der Waals surface area (Å²) in [5.74, 6) is -0.902. The Bertz CT molecular complexity index is 943. The van der Waals surface area contributed by atoms with Crippen LogP contribution in [0.1, 0.15) is 25.7 Å². The average Bonchev–Trinajstić information content (AvgIpc) is 2.80. The molecule has 0 heterocycles. The van der Waals surface area contributed by atoms with Crippen LogP contribution in [0.15, 0.2) is 36.4 Å². The molecule has 0 spiro atoms. The van der Waals surface area contributed by atoms with Gasteiger partial charge in [-0.3, -0.25) is 4.79 Å². The maximum absolute atomic E-state index is 13.4. The fraction of sp³-hybridized carbons (Fsp3) is 0.435. The molecule has 2 aromatic carbocycles. The highest BCUT2D eigenvalue weighted by Gasteiger charge is 2.23. The third-order valence-corrected chi connectivity index (χ3v) is 5.94. The maximum atomic E-state index is 13.4. The lowest BCUT2D eigenvalue weighted by atomic mass is 9.91. The van der Waals surface area contributed by atoms with Crippen molar-refractivity contribution >= 4 is 29.1 Å². The Morgan fingerprint density at radius 2 is 1.52 bits per heavy atom. The van der Waals surface area contributed by atoms with Crippen LogP contribution in [0.5, 0.6) is 11.5 Å². The van der Waals surface area contributed by atoms with E-state index in [0.29, 0.717) is 12.3 Å². The van der Waals surface area contributed by atoms with Gasteiger partial charge in [0.05, 0.1) is 10.0 Å². The van der Waals surface area contributed by atoms with Crippen molar-refractivity contribution in [2.45, 2.75) is 43.9 Å². The minimum absolute atomic E-state index is 0.00541. The summed E-state index contributed by atoms with van der Waals surface area (Å²) in [4.78, 5) is 12.1. The lowest BCUT2D eigenvalue weighted by molar-refractivity contribution is -0.124. The van der Waals surface area contributed by atoms with Crippen LogP contribution >= 0.6 is 23.2 Å². The van der Waals surface area contributed by atoms with Gasteiger partial charge in [0.15, 0.2) is 6.61 Å². The van der Waals surface area contributed by atoms with Gasteiger partial charge >= 0.3 is 0 Å². The van der Waals surface area contributed by atoms with Gasteiger partial charge in [-0.1, -0.05) is 23.2 Å². The Morgan fingerprint density at radius 1 is 0.970 bits per heavy atom. The summed E-state index contributed by atoms with van der Waals surface area (Å²) in [5, 5.41) is 16.3. The molecule has 0 aliphatic heterocycles. The van der Waals surface area contributed by atoms with Crippen LogP contribution in [-0.4, -0.2) is 49.0 Å². The first kappa shape index (κ1) is 25.5. The Kier molecular flexibility index (Phi) is 9.55. The normalized spacial score (nSPS) is 19.1. The van der Waals surface area contributed by atoms with E-state index < -0.39 is 17.7 Å². The highest BCUT2D eigenvalue weighted by molar-refractivity contribution is 6.31. The predicted molar refractivity (Wildman–Crippen MR) is 122 cm³/mol. The van der Waals surface area contributed by atoms with E-state index in [1.54, 1.807) is 6.07 Å². The number of nitrogens with one attached hydrogen (secondary N) is 2. The van der Waals surface area contributed by atoms with Crippen molar-refractivity contribution in [2.24, 2.45) is 0 Å². The van der Waals surface area contributed by atoms with E-state index in [0.717, 1.165) is 31.7 Å². The fourth-order valence-electron chi connectivity index (χ4n) is 3.55. The third kappa shape index (κ3) is 8.30. The van der Waals surface area contributed by atoms with Gasteiger partial charge in [0, 0.05) is 30.8 Å². The number of aliphatic hydroxyl groups excluding tert-OH is 1. The molecule has 1 amide bonds. The molecule has 33 heavy (non-hydrogen) atoms. The number of rotatable bonds is 10. The van der Waals surface area contributed by atoms with Crippen LogP contribution in [0.4, 0.5) is 8.78 Å². The van der Waals surface area contributed by atoms with Crippen molar-refractivity contribution in [3.05, 3.63) is 58.1 Å². The van der Waals surface area contributed by atoms with Gasteiger partial charge in [-0.05, 0) is 49.9 Å². The van der Waals surface area contributed by atoms with E-state index in [-0.39, 0.29) is 47.0 Å². The minimum Gasteiger partial charge on any atom is -0.491 e. The van der Waals surface area contributed by atoms with Gasteiger partial charge in [-0.15, -0.1) is 0 Å². The molecule has 0 aromatic heterocycles. The van der Waals surface area contributed by atoms with E-state index in [1.807, 2.05) is 0 Å². The molecule has 1 aliphatic carbocycles. The molecule has 6 nitrogen and oxygen atoms in total. The number of amides is 1. The highest BCUT2D eigenvalue weighted by atomic mass is 35.5. The first-order valence-electron chi connectivity index (χ1n) is 10.7. The van der Waals surface area contributed by atoms with Crippen LogP contribution in [-0.2, 0) is 4.79 Å². The quantitative estimate of drug-likeness (QED) is 0.455. The van der Waals surface area contributed by atoms with Gasteiger partial charge < -0.3 is 25.2 Å². The molecule has 10 heteroatoms. The van der Waals surface area contributed by atoms with Gasteiger partial charge in [0.1, 0.15) is 35.8 Å². The number of ether oxygens (including phenoxy) is 2. The summed E-state index contributed by atoms with van der Waals surface area (Å²) >= 11 is 11.3. The molecule has 180 valence electrons. The van der Waals surface area contributed by atoms with E-state index in [9.17, 15) is 18.7 Å². The number of hydrogen-bond acceptors (Lipinski definition) is 5. The van der Waals surface area contributed by atoms with Crippen LogP contribution in [0.2, 0.25) is 10.0 Å². The molecule has 1 aliphatic rings. The summed E-state index contributed by atoms with van der Waals surface area (Å²) in [6.07, 6.45) is 2.50. The van der Waals surface area contributed by atoms with Crippen LogP contribution in [0.25, 0.3) is 0 Å². The van der Waals surface area contributed by atoms with Crippen LogP contribution in [0.3, 0.4) is 0 Å². The van der Waals surface area contributed by atoms with Crippen molar-refractivity contribution in [1.29, 1.82) is 0 Å². The molecule has 3 N–H and O–H groups in total. The molecule has 2 aromatic rings. The molecule has 0 saturated heterocycles. The summed E-state index contributed by atoms with van der Waals surface area (Å²) < 4.78 is 37.5. The van der Waals surface area contributed by atoms with E-state index in [4.69, 9.17) is 32.7 Å². The van der Waals surface area contributed by atoms with E-state index >= 15 is 0 Å². The van der Waals surface area contributed by atoms with Crippen molar-refractivity contribution in [3.63, 3.8) is 0 Å². The Hall–Kier alpha value is -2.13. The van der Waals surface area contributed by atoms with Gasteiger partial charge in [0.25, 0.3) is 5.91 Å². The second-order valence-corrected chi connectivity index (χ2v) is 8.74. The Balaban J connectivity index is 1.29.